The van der Waals surface area contributed by atoms with E-state index in [0.717, 1.165) is 13.0 Å². The van der Waals surface area contributed by atoms with Crippen molar-refractivity contribution in [3.63, 3.8) is 0 Å². The first-order chi connectivity index (χ1) is 10.8. The van der Waals surface area contributed by atoms with Crippen LogP contribution in [0.15, 0.2) is 30.3 Å². The SMILES string of the molecule is NC(=O)c1ccccc1.O=C(OOC1CCCNC1)C(F)(F)F. The molecule has 2 rings (SSSR count). The van der Waals surface area contributed by atoms with Crippen LogP contribution in [0.4, 0.5) is 13.2 Å². The number of nitrogens with two attached hydrogens (primary N) is 1. The van der Waals surface area contributed by atoms with Crippen molar-refractivity contribution in [2.75, 3.05) is 13.1 Å². The standard InChI is InChI=1S/C7H10F3NO3.C7H7NO/c8-7(9,10)6(12)14-13-5-2-1-3-11-4-5;8-7(9)6-4-2-1-3-5-6/h5,11H,1-4H2;1-5H,(H2,8,9). The minimum atomic E-state index is -5.00. The molecule has 1 fully saturated rings. The fraction of sp³-hybridized carbons (Fsp3) is 0.429. The van der Waals surface area contributed by atoms with Crippen LogP contribution in [0, 0.1) is 0 Å². The number of piperidine rings is 1. The first-order valence-corrected chi connectivity index (χ1v) is 6.80. The fourth-order valence-electron chi connectivity index (χ4n) is 1.66. The Morgan fingerprint density at radius 2 is 1.87 bits per heavy atom. The van der Waals surface area contributed by atoms with Crippen molar-refractivity contribution in [1.82, 2.24) is 5.32 Å². The van der Waals surface area contributed by atoms with Gasteiger partial charge in [-0.3, -0.25) is 9.68 Å². The van der Waals surface area contributed by atoms with E-state index in [0.29, 0.717) is 18.5 Å². The number of primary amides is 1. The lowest BCUT2D eigenvalue weighted by molar-refractivity contribution is -0.322. The summed E-state index contributed by atoms with van der Waals surface area (Å²) in [5.74, 6) is -2.70. The van der Waals surface area contributed by atoms with Crippen LogP contribution in [0.25, 0.3) is 0 Å². The maximum atomic E-state index is 11.6. The van der Waals surface area contributed by atoms with Crippen molar-refractivity contribution in [1.29, 1.82) is 0 Å². The summed E-state index contributed by atoms with van der Waals surface area (Å²) in [6, 6.07) is 8.76. The van der Waals surface area contributed by atoms with Crippen molar-refractivity contribution in [3.8, 4) is 0 Å². The molecule has 1 saturated heterocycles. The van der Waals surface area contributed by atoms with Gasteiger partial charge in [-0.1, -0.05) is 18.2 Å². The van der Waals surface area contributed by atoms with Crippen LogP contribution in [-0.2, 0) is 14.6 Å². The van der Waals surface area contributed by atoms with Crippen molar-refractivity contribution in [2.45, 2.75) is 25.1 Å². The largest absolute Gasteiger partial charge is 0.494 e. The molecule has 0 radical (unpaired) electrons. The van der Waals surface area contributed by atoms with Crippen molar-refractivity contribution < 1.29 is 32.5 Å². The van der Waals surface area contributed by atoms with E-state index in [9.17, 15) is 22.8 Å². The third kappa shape index (κ3) is 7.61. The first kappa shape index (κ1) is 18.9. The smallest absolute Gasteiger partial charge is 0.366 e. The van der Waals surface area contributed by atoms with Crippen LogP contribution in [-0.4, -0.2) is 37.2 Å². The maximum Gasteiger partial charge on any atom is 0.494 e. The maximum absolute atomic E-state index is 11.6. The van der Waals surface area contributed by atoms with E-state index in [1.54, 1.807) is 24.3 Å². The number of benzene rings is 1. The van der Waals surface area contributed by atoms with Gasteiger partial charge < -0.3 is 11.1 Å². The Hall–Kier alpha value is -2.13. The molecular formula is C14H17F3N2O4. The molecular weight excluding hydrogens is 317 g/mol. The number of nitrogens with one attached hydrogen (secondary N) is 1. The second-order valence-electron chi connectivity index (χ2n) is 4.66. The number of carbonyl (C=O) groups excluding carboxylic acids is 2. The lowest BCUT2D eigenvalue weighted by Gasteiger charge is -2.21. The van der Waals surface area contributed by atoms with Crippen LogP contribution in [0.3, 0.4) is 0 Å². The highest BCUT2D eigenvalue weighted by Crippen LogP contribution is 2.17. The average Bonchev–Trinajstić information content (AvgIpc) is 2.54. The lowest BCUT2D eigenvalue weighted by atomic mass is 10.1. The second kappa shape index (κ2) is 9.11. The van der Waals surface area contributed by atoms with Crippen LogP contribution in [0.5, 0.6) is 0 Å². The van der Waals surface area contributed by atoms with E-state index in [2.05, 4.69) is 15.1 Å². The molecule has 0 aliphatic carbocycles. The zero-order valence-corrected chi connectivity index (χ0v) is 12.1. The van der Waals surface area contributed by atoms with E-state index in [-0.39, 0.29) is 5.91 Å². The zero-order chi connectivity index (χ0) is 17.3. The number of alkyl halides is 3. The summed E-state index contributed by atoms with van der Waals surface area (Å²) < 4.78 is 34.9. The highest BCUT2D eigenvalue weighted by atomic mass is 19.4. The van der Waals surface area contributed by atoms with Gasteiger partial charge in [0.05, 0.1) is 0 Å². The van der Waals surface area contributed by atoms with Gasteiger partial charge in [0.1, 0.15) is 6.10 Å². The molecule has 1 heterocycles. The number of amides is 1. The molecule has 1 aliphatic heterocycles. The predicted molar refractivity (Wildman–Crippen MR) is 74.1 cm³/mol. The average molecular weight is 334 g/mol. The molecule has 0 bridgehead atoms. The molecule has 1 aliphatic rings. The van der Waals surface area contributed by atoms with Crippen molar-refractivity contribution in [2.24, 2.45) is 5.73 Å². The van der Waals surface area contributed by atoms with E-state index in [1.165, 1.54) is 0 Å². The zero-order valence-electron chi connectivity index (χ0n) is 12.1. The molecule has 0 saturated carbocycles. The third-order valence-corrected chi connectivity index (χ3v) is 2.80. The summed E-state index contributed by atoms with van der Waals surface area (Å²) in [5, 5.41) is 2.90. The van der Waals surface area contributed by atoms with E-state index < -0.39 is 18.2 Å². The summed E-state index contributed by atoms with van der Waals surface area (Å²) in [7, 11) is 0. The quantitative estimate of drug-likeness (QED) is 0.647. The van der Waals surface area contributed by atoms with Gasteiger partial charge in [0.25, 0.3) is 0 Å². The molecule has 1 unspecified atom stereocenters. The molecule has 0 aromatic heterocycles. The predicted octanol–water partition coefficient (Wildman–Crippen LogP) is 1.56. The van der Waals surface area contributed by atoms with Gasteiger partial charge in [-0.15, -0.1) is 0 Å². The lowest BCUT2D eigenvalue weighted by Crippen LogP contribution is -2.37. The molecule has 0 spiro atoms. The molecule has 1 aromatic carbocycles. The molecule has 9 heteroatoms. The van der Waals surface area contributed by atoms with Gasteiger partial charge in [-0.05, 0) is 31.5 Å². The van der Waals surface area contributed by atoms with Crippen molar-refractivity contribution in [3.05, 3.63) is 35.9 Å². The van der Waals surface area contributed by atoms with E-state index in [4.69, 9.17) is 5.73 Å². The molecule has 128 valence electrons. The summed E-state index contributed by atoms with van der Waals surface area (Å²) >= 11 is 0. The molecule has 3 N–H and O–H groups in total. The van der Waals surface area contributed by atoms with Gasteiger partial charge in [0, 0.05) is 12.1 Å². The number of halogens is 3. The molecule has 1 aromatic rings. The highest BCUT2D eigenvalue weighted by molar-refractivity contribution is 5.92. The summed E-state index contributed by atoms with van der Waals surface area (Å²) in [4.78, 5) is 28.6. The van der Waals surface area contributed by atoms with Crippen LogP contribution < -0.4 is 11.1 Å². The Balaban J connectivity index is 0.000000253. The first-order valence-electron chi connectivity index (χ1n) is 6.80. The van der Waals surface area contributed by atoms with Gasteiger partial charge >= 0.3 is 12.1 Å². The van der Waals surface area contributed by atoms with Crippen molar-refractivity contribution >= 4 is 11.9 Å². The monoisotopic (exact) mass is 334 g/mol. The summed E-state index contributed by atoms with van der Waals surface area (Å²) in [6.45, 7) is 1.19. The Bertz CT molecular complexity index is 502. The summed E-state index contributed by atoms with van der Waals surface area (Å²) in [6.07, 6.45) is -4.12. The van der Waals surface area contributed by atoms with Crippen LogP contribution in [0.1, 0.15) is 23.2 Å². The van der Waals surface area contributed by atoms with Gasteiger partial charge in [-0.25, -0.2) is 4.79 Å². The Labute approximate surface area is 130 Å². The van der Waals surface area contributed by atoms with Gasteiger partial charge in [0.15, 0.2) is 0 Å². The summed E-state index contributed by atoms with van der Waals surface area (Å²) in [5.41, 5.74) is 5.53. The molecule has 6 nitrogen and oxygen atoms in total. The molecule has 1 atom stereocenters. The Morgan fingerprint density at radius 3 is 2.30 bits per heavy atom. The molecule has 23 heavy (non-hydrogen) atoms. The second-order valence-corrected chi connectivity index (χ2v) is 4.66. The highest BCUT2D eigenvalue weighted by Gasteiger charge is 2.42. The van der Waals surface area contributed by atoms with Gasteiger partial charge in [-0.2, -0.15) is 18.1 Å². The van der Waals surface area contributed by atoms with Crippen LogP contribution in [0.2, 0.25) is 0 Å². The van der Waals surface area contributed by atoms with Crippen LogP contribution >= 0.6 is 0 Å². The third-order valence-electron chi connectivity index (χ3n) is 2.80. The number of hydrogen-bond acceptors (Lipinski definition) is 5. The Morgan fingerprint density at radius 1 is 1.22 bits per heavy atom. The number of carbonyl (C=O) groups is 2. The van der Waals surface area contributed by atoms with E-state index >= 15 is 0 Å². The minimum Gasteiger partial charge on any atom is -0.366 e. The fourth-order valence-corrected chi connectivity index (χ4v) is 1.66. The Kier molecular flexibility index (Phi) is 7.49. The number of hydrogen-bond donors (Lipinski definition) is 2. The number of rotatable bonds is 3. The van der Waals surface area contributed by atoms with Gasteiger partial charge in [0.2, 0.25) is 5.91 Å². The normalized spacial score (nSPS) is 17.6. The minimum absolute atomic E-state index is 0.379. The molecule has 1 amide bonds. The van der Waals surface area contributed by atoms with E-state index in [1.807, 2.05) is 6.07 Å². The topological polar surface area (TPSA) is 90.7 Å².